The van der Waals surface area contributed by atoms with E-state index in [0.29, 0.717) is 12.2 Å². The van der Waals surface area contributed by atoms with E-state index in [1.807, 2.05) is 6.07 Å². The van der Waals surface area contributed by atoms with E-state index in [4.69, 9.17) is 9.47 Å². The van der Waals surface area contributed by atoms with Gasteiger partial charge < -0.3 is 14.8 Å². The van der Waals surface area contributed by atoms with Crippen molar-refractivity contribution in [2.45, 2.75) is 23.5 Å². The summed E-state index contributed by atoms with van der Waals surface area (Å²) >= 11 is 0. The third-order valence-corrected chi connectivity index (χ3v) is 6.07. The lowest BCUT2D eigenvalue weighted by molar-refractivity contribution is -0.123. The molecule has 2 aromatic rings. The molecule has 31 heavy (non-hydrogen) atoms. The first-order valence-electron chi connectivity index (χ1n) is 9.65. The van der Waals surface area contributed by atoms with Crippen molar-refractivity contribution in [1.29, 1.82) is 0 Å². The maximum Gasteiger partial charge on any atom is 0.259 e. The summed E-state index contributed by atoms with van der Waals surface area (Å²) in [5.74, 6) is -0.303. The van der Waals surface area contributed by atoms with Crippen LogP contribution in [0, 0.1) is 5.82 Å². The van der Waals surface area contributed by atoms with Crippen LogP contribution in [0.15, 0.2) is 53.4 Å². The predicted molar refractivity (Wildman–Crippen MR) is 111 cm³/mol. The summed E-state index contributed by atoms with van der Waals surface area (Å²) < 4.78 is 50.3. The van der Waals surface area contributed by atoms with Crippen LogP contribution in [-0.2, 0) is 19.6 Å². The Bertz CT molecular complexity index is 987. The first-order valence-corrected chi connectivity index (χ1v) is 11.1. The van der Waals surface area contributed by atoms with Crippen molar-refractivity contribution in [1.82, 2.24) is 20.9 Å². The number of sulfonamides is 1. The summed E-state index contributed by atoms with van der Waals surface area (Å²) in [6.07, 6.45) is 0.202. The summed E-state index contributed by atoms with van der Waals surface area (Å²) in [6, 6.07) is 11.9. The maximum atomic E-state index is 13.4. The molecule has 2 unspecified atom stereocenters. The van der Waals surface area contributed by atoms with Gasteiger partial charge in [-0.3, -0.25) is 4.79 Å². The standard InChI is InChI=1S/C20H25FN4O5S/c1-29-10-9-22-31(27,28)17-7-5-16(6-8-17)30-13-20(26)23-19-12-18(24-25-19)14-3-2-4-15(21)11-14/h2-8,11,18-19,22,24-25H,9-10,12-13H2,1H3,(H,23,26). The molecule has 1 fully saturated rings. The zero-order valence-corrected chi connectivity index (χ0v) is 17.7. The second-order valence-corrected chi connectivity index (χ2v) is 8.67. The monoisotopic (exact) mass is 452 g/mol. The first kappa shape index (κ1) is 23.1. The van der Waals surface area contributed by atoms with Crippen molar-refractivity contribution in [3.63, 3.8) is 0 Å². The van der Waals surface area contributed by atoms with E-state index in [9.17, 15) is 17.6 Å². The molecule has 1 amide bonds. The largest absolute Gasteiger partial charge is 0.484 e. The van der Waals surface area contributed by atoms with Crippen LogP contribution in [0.5, 0.6) is 5.75 Å². The molecule has 1 heterocycles. The van der Waals surface area contributed by atoms with Crippen molar-refractivity contribution < 1.29 is 27.1 Å². The second-order valence-electron chi connectivity index (χ2n) is 6.90. The van der Waals surface area contributed by atoms with Gasteiger partial charge in [-0.05, 0) is 42.0 Å². The Morgan fingerprint density at radius 1 is 1.19 bits per heavy atom. The van der Waals surface area contributed by atoms with Crippen LogP contribution in [0.2, 0.25) is 0 Å². The highest BCUT2D eigenvalue weighted by atomic mass is 32.2. The number of carbonyl (C=O) groups excluding carboxylic acids is 1. The van der Waals surface area contributed by atoms with E-state index >= 15 is 0 Å². The number of benzene rings is 2. The van der Waals surface area contributed by atoms with Gasteiger partial charge in [0.25, 0.3) is 5.91 Å². The fraction of sp³-hybridized carbons (Fsp3) is 0.350. The van der Waals surface area contributed by atoms with Gasteiger partial charge in [-0.15, -0.1) is 0 Å². The van der Waals surface area contributed by atoms with E-state index in [2.05, 4.69) is 20.9 Å². The van der Waals surface area contributed by atoms with Crippen LogP contribution in [0.25, 0.3) is 0 Å². The summed E-state index contributed by atoms with van der Waals surface area (Å²) in [5.41, 5.74) is 6.77. The van der Waals surface area contributed by atoms with Crippen molar-refractivity contribution >= 4 is 15.9 Å². The number of hydrogen-bond donors (Lipinski definition) is 4. The fourth-order valence-electron chi connectivity index (χ4n) is 3.05. The molecule has 0 aromatic heterocycles. The summed E-state index contributed by atoms with van der Waals surface area (Å²) in [7, 11) is -2.15. The van der Waals surface area contributed by atoms with Gasteiger partial charge in [0.1, 0.15) is 11.6 Å². The molecule has 168 valence electrons. The van der Waals surface area contributed by atoms with E-state index in [1.54, 1.807) is 6.07 Å². The van der Waals surface area contributed by atoms with Crippen LogP contribution in [0.1, 0.15) is 18.0 Å². The number of methoxy groups -OCH3 is 1. The average molecular weight is 453 g/mol. The first-order chi connectivity index (χ1) is 14.9. The van der Waals surface area contributed by atoms with Crippen LogP contribution in [0.3, 0.4) is 0 Å². The van der Waals surface area contributed by atoms with Gasteiger partial charge >= 0.3 is 0 Å². The van der Waals surface area contributed by atoms with Gasteiger partial charge in [0, 0.05) is 26.1 Å². The van der Waals surface area contributed by atoms with Crippen molar-refractivity contribution in [3.8, 4) is 5.75 Å². The molecule has 3 rings (SSSR count). The minimum absolute atomic E-state index is 0.0880. The highest BCUT2D eigenvalue weighted by Crippen LogP contribution is 2.22. The third kappa shape index (κ3) is 6.71. The summed E-state index contributed by atoms with van der Waals surface area (Å²) in [6.45, 7) is 0.201. The van der Waals surface area contributed by atoms with Crippen molar-refractivity contribution in [2.75, 3.05) is 26.9 Å². The molecule has 2 aromatic carbocycles. The number of carbonyl (C=O) groups is 1. The second kappa shape index (κ2) is 10.6. The number of hydrazine groups is 1. The fourth-order valence-corrected chi connectivity index (χ4v) is 4.07. The van der Waals surface area contributed by atoms with Crippen molar-refractivity contribution in [2.24, 2.45) is 0 Å². The Balaban J connectivity index is 1.44. The summed E-state index contributed by atoms with van der Waals surface area (Å²) in [4.78, 5) is 12.2. The molecule has 4 N–H and O–H groups in total. The number of nitrogens with one attached hydrogen (secondary N) is 4. The molecule has 2 atom stereocenters. The zero-order valence-electron chi connectivity index (χ0n) is 16.9. The quantitative estimate of drug-likeness (QED) is 0.394. The maximum absolute atomic E-state index is 13.4. The lowest BCUT2D eigenvalue weighted by Crippen LogP contribution is -2.45. The van der Waals surface area contributed by atoms with E-state index in [-0.39, 0.29) is 48.6 Å². The topological polar surface area (TPSA) is 118 Å². The van der Waals surface area contributed by atoms with Crippen LogP contribution >= 0.6 is 0 Å². The molecule has 0 bridgehead atoms. The molecule has 9 nitrogen and oxygen atoms in total. The van der Waals surface area contributed by atoms with Gasteiger partial charge in [0.15, 0.2) is 6.61 Å². The number of halogens is 1. The third-order valence-electron chi connectivity index (χ3n) is 4.59. The molecule has 0 saturated carbocycles. The molecule has 11 heteroatoms. The Labute approximate surface area is 180 Å². The van der Waals surface area contributed by atoms with Crippen LogP contribution < -0.4 is 25.6 Å². The van der Waals surface area contributed by atoms with Gasteiger partial charge in [-0.25, -0.2) is 28.4 Å². The lowest BCUT2D eigenvalue weighted by atomic mass is 10.0. The van der Waals surface area contributed by atoms with Crippen LogP contribution in [0.4, 0.5) is 4.39 Å². The highest BCUT2D eigenvalue weighted by molar-refractivity contribution is 7.89. The molecule has 1 saturated heterocycles. The molecule has 0 aliphatic carbocycles. The summed E-state index contributed by atoms with van der Waals surface area (Å²) in [5, 5.41) is 2.78. The normalized spacial score (nSPS) is 18.6. The molecule has 0 spiro atoms. The Hall–Kier alpha value is -2.57. The Kier molecular flexibility index (Phi) is 7.93. The van der Waals surface area contributed by atoms with Gasteiger partial charge in [-0.2, -0.15) is 0 Å². The smallest absolute Gasteiger partial charge is 0.259 e. The predicted octanol–water partition coefficient (Wildman–Crippen LogP) is 0.811. The SMILES string of the molecule is COCCNS(=O)(=O)c1ccc(OCC(=O)NC2CC(c3cccc(F)c3)NN2)cc1. The van der Waals surface area contributed by atoms with Gasteiger partial charge in [0.2, 0.25) is 10.0 Å². The molecular formula is C20H25FN4O5S. The van der Waals surface area contributed by atoms with E-state index < -0.39 is 10.0 Å². The molecule has 1 aliphatic heterocycles. The molecule has 1 aliphatic rings. The lowest BCUT2D eigenvalue weighted by Gasteiger charge is -2.13. The van der Waals surface area contributed by atoms with Gasteiger partial charge in [0.05, 0.1) is 17.7 Å². The molecular weight excluding hydrogens is 427 g/mol. The Morgan fingerprint density at radius 2 is 1.97 bits per heavy atom. The average Bonchev–Trinajstić information content (AvgIpc) is 3.21. The molecule has 0 radical (unpaired) electrons. The van der Waals surface area contributed by atoms with Gasteiger partial charge in [-0.1, -0.05) is 12.1 Å². The van der Waals surface area contributed by atoms with Crippen molar-refractivity contribution in [3.05, 3.63) is 59.9 Å². The van der Waals surface area contributed by atoms with E-state index in [1.165, 1.54) is 43.5 Å². The minimum Gasteiger partial charge on any atom is -0.484 e. The zero-order chi connectivity index (χ0) is 22.3. The highest BCUT2D eigenvalue weighted by Gasteiger charge is 2.26. The number of amides is 1. The number of hydrogen-bond acceptors (Lipinski definition) is 7. The van der Waals surface area contributed by atoms with Crippen LogP contribution in [-0.4, -0.2) is 47.4 Å². The number of rotatable bonds is 10. The Morgan fingerprint density at radius 3 is 2.68 bits per heavy atom. The number of ether oxygens (including phenoxy) is 2. The van der Waals surface area contributed by atoms with E-state index in [0.717, 1.165) is 5.56 Å². The minimum atomic E-state index is -3.63.